The Kier molecular flexibility index (Phi) is 6.77. The van der Waals surface area contributed by atoms with Crippen molar-refractivity contribution < 1.29 is 13.9 Å². The minimum atomic E-state index is 0.0765. The summed E-state index contributed by atoms with van der Waals surface area (Å²) in [6.07, 6.45) is 6.44. The zero-order chi connectivity index (χ0) is 18.2. The molecule has 2 atom stereocenters. The lowest BCUT2D eigenvalue weighted by atomic mass is 10.1. The fraction of sp³-hybridized carbons (Fsp3) is 0.550. The average Bonchev–Trinajstić information content (AvgIpc) is 3.33. The monoisotopic (exact) mass is 357 g/mol. The summed E-state index contributed by atoms with van der Waals surface area (Å²) in [5, 5.41) is 11.2. The number of aromatic nitrogens is 2. The highest BCUT2D eigenvalue weighted by atomic mass is 16.5. The van der Waals surface area contributed by atoms with E-state index in [0.29, 0.717) is 37.1 Å². The Morgan fingerprint density at radius 3 is 2.92 bits per heavy atom. The maximum absolute atomic E-state index is 12.1. The smallest absolute Gasteiger partial charge is 0.247 e. The minimum Gasteiger partial charge on any atom is -0.421 e. The molecule has 1 aliphatic heterocycles. The molecule has 0 saturated carbocycles. The maximum Gasteiger partial charge on any atom is 0.247 e. The van der Waals surface area contributed by atoms with Crippen LogP contribution in [0.1, 0.15) is 51.3 Å². The Bertz CT molecular complexity index is 681. The van der Waals surface area contributed by atoms with Gasteiger partial charge >= 0.3 is 0 Å². The van der Waals surface area contributed by atoms with E-state index in [2.05, 4.69) is 22.4 Å². The van der Waals surface area contributed by atoms with Crippen molar-refractivity contribution in [2.24, 2.45) is 0 Å². The van der Waals surface area contributed by atoms with E-state index in [1.807, 2.05) is 30.3 Å². The van der Waals surface area contributed by atoms with Crippen LogP contribution in [0.2, 0.25) is 0 Å². The molecule has 26 heavy (non-hydrogen) atoms. The molecule has 1 aliphatic rings. The minimum absolute atomic E-state index is 0.0765. The molecule has 1 aromatic carbocycles. The molecule has 1 fully saturated rings. The first-order valence-electron chi connectivity index (χ1n) is 9.49. The summed E-state index contributed by atoms with van der Waals surface area (Å²) in [6, 6.07) is 9.86. The number of hydrogen-bond acceptors (Lipinski definition) is 5. The molecule has 0 spiro atoms. The molecule has 0 radical (unpaired) electrons. The lowest BCUT2D eigenvalue weighted by molar-refractivity contribution is -0.121. The molecule has 2 aromatic rings. The van der Waals surface area contributed by atoms with Gasteiger partial charge in [-0.3, -0.25) is 4.79 Å². The highest BCUT2D eigenvalue weighted by Crippen LogP contribution is 2.18. The number of carbonyl (C=O) groups excluding carboxylic acids is 1. The topological polar surface area (TPSA) is 77.2 Å². The number of ether oxygens (including phenoxy) is 1. The van der Waals surface area contributed by atoms with Gasteiger partial charge in [-0.2, -0.15) is 0 Å². The van der Waals surface area contributed by atoms with E-state index < -0.39 is 0 Å². The zero-order valence-corrected chi connectivity index (χ0v) is 15.3. The molecule has 1 aromatic heterocycles. The van der Waals surface area contributed by atoms with Crippen LogP contribution in [0.3, 0.4) is 0 Å². The lowest BCUT2D eigenvalue weighted by Crippen LogP contribution is -2.33. The number of aryl methyl sites for hydroxylation is 1. The second-order valence-corrected chi connectivity index (χ2v) is 6.90. The first-order chi connectivity index (χ1) is 12.7. The molecule has 140 valence electrons. The van der Waals surface area contributed by atoms with Crippen LogP contribution in [0.4, 0.5) is 0 Å². The lowest BCUT2D eigenvalue weighted by Gasteiger charge is -2.16. The Hall–Kier alpha value is -2.21. The van der Waals surface area contributed by atoms with Gasteiger partial charge in [0.25, 0.3) is 0 Å². The third kappa shape index (κ3) is 5.66. The van der Waals surface area contributed by atoms with Crippen LogP contribution in [0.5, 0.6) is 0 Å². The molecular weight excluding hydrogens is 330 g/mol. The molecule has 6 nitrogen and oxygen atoms in total. The number of nitrogens with zero attached hydrogens (tertiary/aromatic N) is 2. The molecule has 2 unspecified atom stereocenters. The molecule has 0 aliphatic carbocycles. The molecule has 1 amide bonds. The van der Waals surface area contributed by atoms with Gasteiger partial charge in [-0.15, -0.1) is 10.2 Å². The van der Waals surface area contributed by atoms with Gasteiger partial charge in [0.2, 0.25) is 17.7 Å². The number of hydrogen-bond donors (Lipinski definition) is 1. The van der Waals surface area contributed by atoms with Crippen LogP contribution < -0.4 is 5.32 Å². The van der Waals surface area contributed by atoms with Crippen molar-refractivity contribution in [3.05, 3.63) is 36.2 Å². The number of nitrogens with one attached hydrogen (secondary N) is 1. The fourth-order valence-corrected chi connectivity index (χ4v) is 3.18. The van der Waals surface area contributed by atoms with Crippen molar-refractivity contribution in [3.8, 4) is 11.5 Å². The molecule has 6 heteroatoms. The second-order valence-electron chi connectivity index (χ2n) is 6.90. The van der Waals surface area contributed by atoms with Gasteiger partial charge in [0.15, 0.2) is 0 Å². The SMILES string of the molecule is CC(CCC1CCCO1)NC(=O)CCCc1nnc(-c2ccccc2)o1. The van der Waals surface area contributed by atoms with Crippen LogP contribution in [0.25, 0.3) is 11.5 Å². The number of rotatable bonds is 9. The van der Waals surface area contributed by atoms with Crippen molar-refractivity contribution in [3.63, 3.8) is 0 Å². The van der Waals surface area contributed by atoms with Crippen molar-refractivity contribution in [2.75, 3.05) is 6.61 Å². The highest BCUT2D eigenvalue weighted by molar-refractivity contribution is 5.76. The Morgan fingerprint density at radius 2 is 2.15 bits per heavy atom. The Balaban J connectivity index is 1.34. The third-order valence-electron chi connectivity index (χ3n) is 4.64. The Morgan fingerprint density at radius 1 is 1.31 bits per heavy atom. The third-order valence-corrected chi connectivity index (χ3v) is 4.64. The van der Waals surface area contributed by atoms with Gasteiger partial charge in [0.1, 0.15) is 0 Å². The molecule has 1 saturated heterocycles. The van der Waals surface area contributed by atoms with Gasteiger partial charge in [0, 0.05) is 31.1 Å². The van der Waals surface area contributed by atoms with Gasteiger partial charge < -0.3 is 14.5 Å². The quantitative estimate of drug-likeness (QED) is 0.743. The zero-order valence-electron chi connectivity index (χ0n) is 15.3. The predicted octanol–water partition coefficient (Wildman–Crippen LogP) is 3.52. The van der Waals surface area contributed by atoms with Crippen LogP contribution in [0.15, 0.2) is 34.7 Å². The van der Waals surface area contributed by atoms with Gasteiger partial charge in [-0.05, 0) is 51.2 Å². The number of carbonyl (C=O) groups is 1. The predicted molar refractivity (Wildman–Crippen MR) is 98.5 cm³/mol. The molecule has 1 N–H and O–H groups in total. The standard InChI is InChI=1S/C20H27N3O3/c1-15(12-13-17-9-6-14-25-17)21-18(24)10-5-11-19-22-23-20(26-19)16-7-3-2-4-8-16/h2-4,7-8,15,17H,5-6,9-14H2,1H3,(H,21,24). The van der Waals surface area contributed by atoms with E-state index in [9.17, 15) is 4.79 Å². The summed E-state index contributed by atoms with van der Waals surface area (Å²) in [5.74, 6) is 1.17. The first-order valence-corrected chi connectivity index (χ1v) is 9.49. The van der Waals surface area contributed by atoms with Crippen LogP contribution in [0, 0.1) is 0 Å². The first kappa shape index (κ1) is 18.6. The van der Waals surface area contributed by atoms with E-state index in [-0.39, 0.29) is 11.9 Å². The van der Waals surface area contributed by atoms with Gasteiger partial charge in [0.05, 0.1) is 6.10 Å². The highest BCUT2D eigenvalue weighted by Gasteiger charge is 2.17. The van der Waals surface area contributed by atoms with Crippen LogP contribution >= 0.6 is 0 Å². The number of benzene rings is 1. The molecule has 0 bridgehead atoms. The number of amides is 1. The largest absolute Gasteiger partial charge is 0.421 e. The van der Waals surface area contributed by atoms with E-state index in [0.717, 1.165) is 37.9 Å². The summed E-state index contributed by atoms with van der Waals surface area (Å²) < 4.78 is 11.3. The summed E-state index contributed by atoms with van der Waals surface area (Å²) >= 11 is 0. The van der Waals surface area contributed by atoms with Crippen LogP contribution in [-0.2, 0) is 16.0 Å². The van der Waals surface area contributed by atoms with Gasteiger partial charge in [-0.1, -0.05) is 18.2 Å². The normalized spacial score (nSPS) is 18.0. The van der Waals surface area contributed by atoms with Crippen molar-refractivity contribution in [1.82, 2.24) is 15.5 Å². The van der Waals surface area contributed by atoms with E-state index in [1.165, 1.54) is 0 Å². The van der Waals surface area contributed by atoms with Crippen molar-refractivity contribution >= 4 is 5.91 Å². The summed E-state index contributed by atoms with van der Waals surface area (Å²) in [5.41, 5.74) is 0.907. The fourth-order valence-electron chi connectivity index (χ4n) is 3.18. The molecular formula is C20H27N3O3. The average molecular weight is 357 g/mol. The Labute approximate surface area is 154 Å². The van der Waals surface area contributed by atoms with Crippen molar-refractivity contribution in [2.45, 2.75) is 64.0 Å². The molecule has 3 rings (SSSR count). The summed E-state index contributed by atoms with van der Waals surface area (Å²) in [6.45, 7) is 2.93. The summed E-state index contributed by atoms with van der Waals surface area (Å²) in [4.78, 5) is 12.1. The molecule has 2 heterocycles. The van der Waals surface area contributed by atoms with E-state index in [1.54, 1.807) is 0 Å². The van der Waals surface area contributed by atoms with Crippen LogP contribution in [-0.4, -0.2) is 34.9 Å². The maximum atomic E-state index is 12.1. The van der Waals surface area contributed by atoms with E-state index >= 15 is 0 Å². The second kappa shape index (κ2) is 9.48. The van der Waals surface area contributed by atoms with E-state index in [4.69, 9.17) is 9.15 Å². The van der Waals surface area contributed by atoms with Crippen molar-refractivity contribution in [1.29, 1.82) is 0 Å². The summed E-state index contributed by atoms with van der Waals surface area (Å²) in [7, 11) is 0. The van der Waals surface area contributed by atoms with Gasteiger partial charge in [-0.25, -0.2) is 0 Å².